The molecule has 42 heavy (non-hydrogen) atoms. The largest absolute Gasteiger partial charge is 0.252 e. The van der Waals surface area contributed by atoms with E-state index in [-0.39, 0.29) is 17.3 Å². The van der Waals surface area contributed by atoms with E-state index >= 15 is 0 Å². The molecule has 0 aliphatic heterocycles. The molecule has 2 heterocycles. The Bertz CT molecular complexity index is 2230. The van der Waals surface area contributed by atoms with Gasteiger partial charge in [0, 0.05) is 43.1 Å². The van der Waals surface area contributed by atoms with Crippen molar-refractivity contribution in [1.82, 2.24) is 9.97 Å². The van der Waals surface area contributed by atoms with E-state index in [1.807, 2.05) is 17.5 Å². The van der Waals surface area contributed by atoms with Gasteiger partial charge in [-0.15, -0.1) is 11.3 Å². The van der Waals surface area contributed by atoms with Crippen LogP contribution >= 0.6 is 11.3 Å². The first-order valence-electron chi connectivity index (χ1n) is 14.8. The zero-order valence-electron chi connectivity index (χ0n) is 24.3. The van der Waals surface area contributed by atoms with E-state index in [9.17, 15) is 0 Å². The average molecular weight is 561 g/mol. The predicted molar refractivity (Wildman–Crippen MR) is 182 cm³/mol. The van der Waals surface area contributed by atoms with Crippen LogP contribution in [0.1, 0.15) is 50.4 Å². The van der Waals surface area contributed by atoms with Crippen LogP contribution in [0.4, 0.5) is 0 Å². The van der Waals surface area contributed by atoms with Crippen LogP contribution in [0.5, 0.6) is 0 Å². The molecule has 0 spiro atoms. The van der Waals surface area contributed by atoms with Gasteiger partial charge >= 0.3 is 0 Å². The number of hydrogen-bond donors (Lipinski definition) is 0. The number of aromatic nitrogens is 2. The molecule has 0 bridgehead atoms. The molecule has 3 heteroatoms. The van der Waals surface area contributed by atoms with Gasteiger partial charge in [-0.2, -0.15) is 0 Å². The summed E-state index contributed by atoms with van der Waals surface area (Å²) >= 11 is 1.95. The Labute approximate surface area is 250 Å². The minimum atomic E-state index is 0.0933. The number of rotatable bonds is 2. The molecule has 0 saturated heterocycles. The summed E-state index contributed by atoms with van der Waals surface area (Å²) in [5, 5.41) is 7.48. The summed E-state index contributed by atoms with van der Waals surface area (Å²) in [6.45, 7) is 9.28. The van der Waals surface area contributed by atoms with Crippen LogP contribution < -0.4 is 0 Å². The van der Waals surface area contributed by atoms with Gasteiger partial charge in [0.2, 0.25) is 0 Å². The fraction of sp³-hybridized carbons (Fsp3) is 0.179. The van der Waals surface area contributed by atoms with Crippen molar-refractivity contribution in [3.63, 3.8) is 0 Å². The zero-order valence-corrected chi connectivity index (χ0v) is 25.2. The summed E-state index contributed by atoms with van der Waals surface area (Å²) in [7, 11) is 0. The van der Waals surface area contributed by atoms with E-state index in [1.165, 1.54) is 47.6 Å². The molecule has 1 aliphatic carbocycles. The smallest absolute Gasteiger partial charge is 0.0975 e. The zero-order chi connectivity index (χ0) is 28.6. The van der Waals surface area contributed by atoms with Crippen molar-refractivity contribution in [3.05, 3.63) is 126 Å². The lowest BCUT2D eigenvalue weighted by Gasteiger charge is -2.27. The Morgan fingerprint density at radius 2 is 1.29 bits per heavy atom. The maximum atomic E-state index is 5.35. The van der Waals surface area contributed by atoms with Gasteiger partial charge in [-0.05, 0) is 38.8 Å². The van der Waals surface area contributed by atoms with Crippen LogP contribution in [0.25, 0.3) is 58.3 Å². The SMILES string of the molecule is CC1C(c2cccc3c2sc2c(C(C)(C)C)cccc23)=CC=CC1c1cnc2c3ccccc3c3ccccc3c2n1. The van der Waals surface area contributed by atoms with E-state index in [1.54, 1.807) is 0 Å². The first-order valence-corrected chi connectivity index (χ1v) is 15.6. The van der Waals surface area contributed by atoms with Crippen molar-refractivity contribution in [3.8, 4) is 0 Å². The summed E-state index contributed by atoms with van der Waals surface area (Å²) in [5.41, 5.74) is 7.19. The number of fused-ring (bicyclic) bond motifs is 9. The normalized spacial score (nSPS) is 17.6. The summed E-state index contributed by atoms with van der Waals surface area (Å²) in [6, 6.07) is 30.8. The molecular weight excluding hydrogens is 529 g/mol. The van der Waals surface area contributed by atoms with E-state index in [0.717, 1.165) is 27.5 Å². The molecule has 7 aromatic rings. The van der Waals surface area contributed by atoms with E-state index < -0.39 is 0 Å². The van der Waals surface area contributed by atoms with Crippen LogP contribution in [-0.4, -0.2) is 9.97 Å². The minimum Gasteiger partial charge on any atom is -0.252 e. The molecule has 2 unspecified atom stereocenters. The lowest BCUT2D eigenvalue weighted by molar-refractivity contribution is 0.597. The molecule has 0 fully saturated rings. The summed E-state index contributed by atoms with van der Waals surface area (Å²) in [4.78, 5) is 10.4. The Morgan fingerprint density at radius 1 is 0.667 bits per heavy atom. The summed E-state index contributed by atoms with van der Waals surface area (Å²) < 4.78 is 2.78. The molecule has 5 aromatic carbocycles. The van der Waals surface area contributed by atoms with Gasteiger partial charge in [0.25, 0.3) is 0 Å². The molecule has 1 aliphatic rings. The van der Waals surface area contributed by atoms with Crippen LogP contribution in [0.3, 0.4) is 0 Å². The number of nitrogens with zero attached hydrogens (tertiary/aromatic N) is 2. The number of allylic oxidation sites excluding steroid dienone is 4. The van der Waals surface area contributed by atoms with Gasteiger partial charge in [0.15, 0.2) is 0 Å². The van der Waals surface area contributed by atoms with Gasteiger partial charge in [0.05, 0.1) is 16.7 Å². The molecule has 2 atom stereocenters. The highest BCUT2D eigenvalue weighted by Gasteiger charge is 2.28. The van der Waals surface area contributed by atoms with Crippen molar-refractivity contribution in [2.75, 3.05) is 0 Å². The Kier molecular flexibility index (Phi) is 5.64. The lowest BCUT2D eigenvalue weighted by atomic mass is 9.78. The molecule has 0 N–H and O–H groups in total. The second-order valence-corrected chi connectivity index (χ2v) is 13.6. The molecule has 2 aromatic heterocycles. The van der Waals surface area contributed by atoms with Crippen LogP contribution in [-0.2, 0) is 5.41 Å². The van der Waals surface area contributed by atoms with E-state index in [4.69, 9.17) is 9.97 Å². The molecule has 0 amide bonds. The third-order valence-electron chi connectivity index (χ3n) is 9.05. The average Bonchev–Trinajstić information content (AvgIpc) is 3.40. The van der Waals surface area contributed by atoms with Gasteiger partial charge < -0.3 is 0 Å². The predicted octanol–water partition coefficient (Wildman–Crippen LogP) is 11.0. The van der Waals surface area contributed by atoms with Gasteiger partial charge in [-0.3, -0.25) is 4.98 Å². The van der Waals surface area contributed by atoms with Crippen molar-refractivity contribution in [2.45, 2.75) is 39.0 Å². The fourth-order valence-electron chi connectivity index (χ4n) is 6.92. The molecule has 0 saturated carbocycles. The molecule has 2 nitrogen and oxygen atoms in total. The third kappa shape index (κ3) is 3.77. The van der Waals surface area contributed by atoms with Crippen molar-refractivity contribution < 1.29 is 0 Å². The van der Waals surface area contributed by atoms with Crippen LogP contribution in [0, 0.1) is 5.92 Å². The summed E-state index contributed by atoms with van der Waals surface area (Å²) in [5.74, 6) is 0.397. The molecule has 204 valence electrons. The van der Waals surface area contributed by atoms with Crippen molar-refractivity contribution in [1.29, 1.82) is 0 Å². The van der Waals surface area contributed by atoms with Crippen LogP contribution in [0.15, 0.2) is 109 Å². The summed E-state index contributed by atoms with van der Waals surface area (Å²) in [6.07, 6.45) is 8.84. The quantitative estimate of drug-likeness (QED) is 0.197. The molecule has 8 rings (SSSR count). The highest BCUT2D eigenvalue weighted by molar-refractivity contribution is 7.26. The maximum absolute atomic E-state index is 5.35. The maximum Gasteiger partial charge on any atom is 0.0975 e. The Morgan fingerprint density at radius 3 is 2.00 bits per heavy atom. The molecular formula is C39H32N2S. The van der Waals surface area contributed by atoms with E-state index in [0.29, 0.717) is 0 Å². The van der Waals surface area contributed by atoms with Gasteiger partial charge in [0.1, 0.15) is 0 Å². The van der Waals surface area contributed by atoms with Crippen LogP contribution in [0.2, 0.25) is 0 Å². The highest BCUT2D eigenvalue weighted by atomic mass is 32.1. The minimum absolute atomic E-state index is 0.0933. The van der Waals surface area contributed by atoms with E-state index in [2.05, 4.69) is 131 Å². The van der Waals surface area contributed by atoms with Crippen molar-refractivity contribution >= 4 is 69.7 Å². The van der Waals surface area contributed by atoms with Crippen molar-refractivity contribution in [2.24, 2.45) is 5.92 Å². The highest BCUT2D eigenvalue weighted by Crippen LogP contribution is 2.46. The topological polar surface area (TPSA) is 25.8 Å². The van der Waals surface area contributed by atoms with Gasteiger partial charge in [-0.1, -0.05) is 131 Å². The molecule has 0 radical (unpaired) electrons. The number of hydrogen-bond acceptors (Lipinski definition) is 3. The fourth-order valence-corrected chi connectivity index (χ4v) is 8.48. The first kappa shape index (κ1) is 25.4. The second kappa shape index (κ2) is 9.34. The Balaban J connectivity index is 1.27. The number of thiophene rings is 1. The standard InChI is InChI=1S/C39H32N2S/c1-23-24(30-18-10-19-31-32-20-11-21-33(39(2,3)4)38(32)42-37(30)31)16-9-17-25(23)34-22-40-35-28-14-7-5-12-26(28)27-13-6-8-15-29(27)36(35)41-34/h5-23,25H,1-4H3. The Hall–Kier alpha value is -4.34. The van der Waals surface area contributed by atoms with Gasteiger partial charge in [-0.25, -0.2) is 4.98 Å². The first-order chi connectivity index (χ1) is 20.4. The lowest BCUT2D eigenvalue weighted by Crippen LogP contribution is -2.14. The third-order valence-corrected chi connectivity index (χ3v) is 10.3. The second-order valence-electron chi connectivity index (χ2n) is 12.6. The number of benzene rings is 5. The monoisotopic (exact) mass is 560 g/mol.